The molecule has 0 aliphatic rings. The Kier molecular flexibility index (Phi) is 7.39. The number of fused-ring (bicyclic) bond motifs is 10. The molecule has 1 nitrogen and oxygen atoms in total. The molecule has 0 aliphatic heterocycles. The van der Waals surface area contributed by atoms with Crippen LogP contribution in [-0.2, 0) is 0 Å². The number of rotatable bonds is 4. The molecule has 60 heavy (non-hydrogen) atoms. The topological polar surface area (TPSA) is 13.1 Å². The zero-order valence-electron chi connectivity index (χ0n) is 32.4. The second kappa shape index (κ2) is 13.1. The average Bonchev–Trinajstić information content (AvgIpc) is 3.90. The van der Waals surface area contributed by atoms with Crippen molar-refractivity contribution in [2.24, 2.45) is 0 Å². The number of para-hydroxylation sites is 1. The SMILES string of the molecule is c1ccc(-c2c3ccccc3c(-c3cccc4c3[se]c3cccc(-c5c6ccccc6c(-c6cccc7oc8ccccc8c67)c6ccccc56)c34)c3ccccc23)cc1. The molecule has 11 aromatic carbocycles. The second-order valence-electron chi connectivity index (χ2n) is 15.8. The number of furan rings is 1. The first-order chi connectivity index (χ1) is 29.8. The molecule has 2 aromatic heterocycles. The van der Waals surface area contributed by atoms with Gasteiger partial charge in [-0.05, 0) is 0 Å². The van der Waals surface area contributed by atoms with Gasteiger partial charge in [-0.25, -0.2) is 0 Å². The first-order valence-corrected chi connectivity index (χ1v) is 22.3. The molecule has 0 amide bonds. The molecule has 13 aromatic rings. The third-order valence-corrected chi connectivity index (χ3v) is 15.2. The zero-order chi connectivity index (χ0) is 39.3. The van der Waals surface area contributed by atoms with Crippen molar-refractivity contribution in [2.75, 3.05) is 0 Å². The van der Waals surface area contributed by atoms with Crippen molar-refractivity contribution in [1.29, 1.82) is 0 Å². The molecule has 0 saturated carbocycles. The quantitative estimate of drug-likeness (QED) is 0.127. The van der Waals surface area contributed by atoms with Gasteiger partial charge in [0, 0.05) is 0 Å². The summed E-state index contributed by atoms with van der Waals surface area (Å²) in [6, 6.07) is 76.0. The molecule has 0 radical (unpaired) electrons. The molecular weight excluding hydrogens is 792 g/mol. The summed E-state index contributed by atoms with van der Waals surface area (Å²) in [4.78, 5) is 0. The van der Waals surface area contributed by atoms with Crippen molar-refractivity contribution in [3.63, 3.8) is 0 Å². The minimum absolute atomic E-state index is 0.0983. The van der Waals surface area contributed by atoms with Gasteiger partial charge in [0.15, 0.2) is 0 Å². The van der Waals surface area contributed by atoms with Crippen molar-refractivity contribution in [1.82, 2.24) is 0 Å². The van der Waals surface area contributed by atoms with Crippen LogP contribution >= 0.6 is 0 Å². The van der Waals surface area contributed by atoms with Crippen LogP contribution in [0.2, 0.25) is 0 Å². The van der Waals surface area contributed by atoms with Crippen LogP contribution in [0.1, 0.15) is 0 Å². The Bertz CT molecular complexity index is 3770. The maximum absolute atomic E-state index is 6.43. The summed E-state index contributed by atoms with van der Waals surface area (Å²) in [5.41, 5.74) is 12.1. The van der Waals surface area contributed by atoms with Crippen molar-refractivity contribution in [3.05, 3.63) is 206 Å². The maximum atomic E-state index is 6.43. The predicted octanol–water partition coefficient (Wildman–Crippen LogP) is 16.2. The van der Waals surface area contributed by atoms with E-state index in [1.165, 1.54) is 107 Å². The van der Waals surface area contributed by atoms with Gasteiger partial charge < -0.3 is 0 Å². The molecule has 0 N–H and O–H groups in total. The van der Waals surface area contributed by atoms with E-state index in [1.54, 1.807) is 0 Å². The van der Waals surface area contributed by atoms with Gasteiger partial charge in [-0.3, -0.25) is 0 Å². The molecule has 278 valence electrons. The van der Waals surface area contributed by atoms with Crippen molar-refractivity contribution in [3.8, 4) is 44.5 Å². The summed E-state index contributed by atoms with van der Waals surface area (Å²) in [6.07, 6.45) is 0. The van der Waals surface area contributed by atoms with Gasteiger partial charge in [0.05, 0.1) is 0 Å². The van der Waals surface area contributed by atoms with E-state index in [-0.39, 0.29) is 14.5 Å². The fourth-order valence-electron chi connectivity index (χ4n) is 10.3. The molecule has 0 saturated heterocycles. The number of hydrogen-bond acceptors (Lipinski definition) is 1. The van der Waals surface area contributed by atoms with E-state index >= 15 is 0 Å². The first kappa shape index (κ1) is 33.7. The summed E-state index contributed by atoms with van der Waals surface area (Å²) in [7, 11) is 0. The monoisotopic (exact) mass is 826 g/mol. The van der Waals surface area contributed by atoms with Gasteiger partial charge in [0.2, 0.25) is 0 Å². The van der Waals surface area contributed by atoms with E-state index in [0.717, 1.165) is 21.9 Å². The second-order valence-corrected chi connectivity index (χ2v) is 18.0. The molecule has 0 spiro atoms. The molecule has 0 unspecified atom stereocenters. The van der Waals surface area contributed by atoms with Gasteiger partial charge in [-0.1, -0.05) is 6.07 Å². The summed E-state index contributed by atoms with van der Waals surface area (Å²) in [5, 5.41) is 15.2. The molecule has 2 heterocycles. The van der Waals surface area contributed by atoms with Crippen molar-refractivity contribution >= 4 is 98.8 Å². The molecule has 2 heteroatoms. The summed E-state index contributed by atoms with van der Waals surface area (Å²) >= 11 is 0.0983. The van der Waals surface area contributed by atoms with Crippen LogP contribution in [0.25, 0.3) is 129 Å². The van der Waals surface area contributed by atoms with E-state index in [0.29, 0.717) is 0 Å². The van der Waals surface area contributed by atoms with Crippen LogP contribution in [0.15, 0.2) is 211 Å². The van der Waals surface area contributed by atoms with Gasteiger partial charge in [0.1, 0.15) is 0 Å². The fraction of sp³-hybridized carbons (Fsp3) is 0. The van der Waals surface area contributed by atoms with Gasteiger partial charge in [0.25, 0.3) is 0 Å². The molecule has 0 atom stereocenters. The Hall–Kier alpha value is -7.22. The van der Waals surface area contributed by atoms with E-state index in [2.05, 4.69) is 206 Å². The first-order valence-electron chi connectivity index (χ1n) is 20.6. The van der Waals surface area contributed by atoms with Crippen LogP contribution in [0.4, 0.5) is 0 Å². The van der Waals surface area contributed by atoms with Crippen molar-refractivity contribution < 1.29 is 4.42 Å². The average molecular weight is 826 g/mol. The predicted molar refractivity (Wildman–Crippen MR) is 257 cm³/mol. The van der Waals surface area contributed by atoms with Crippen LogP contribution in [0.3, 0.4) is 0 Å². The van der Waals surface area contributed by atoms with E-state index in [9.17, 15) is 0 Å². The summed E-state index contributed by atoms with van der Waals surface area (Å²) in [5.74, 6) is 0. The normalized spacial score (nSPS) is 12.0. The molecule has 0 aliphatic carbocycles. The Morgan fingerprint density at radius 3 is 1.25 bits per heavy atom. The Morgan fingerprint density at radius 2 is 0.667 bits per heavy atom. The molecular formula is C58H34OSe. The van der Waals surface area contributed by atoms with Gasteiger partial charge in [-0.2, -0.15) is 0 Å². The van der Waals surface area contributed by atoms with Crippen LogP contribution in [-0.4, -0.2) is 14.5 Å². The Balaban J connectivity index is 1.11. The molecule has 0 bridgehead atoms. The van der Waals surface area contributed by atoms with Crippen LogP contribution in [0.5, 0.6) is 0 Å². The fourth-order valence-corrected chi connectivity index (χ4v) is 12.9. The van der Waals surface area contributed by atoms with Crippen LogP contribution < -0.4 is 0 Å². The third kappa shape index (κ3) is 4.81. The minimum atomic E-state index is 0.0983. The summed E-state index contributed by atoms with van der Waals surface area (Å²) in [6.45, 7) is 0. The van der Waals surface area contributed by atoms with Crippen molar-refractivity contribution in [2.45, 2.75) is 0 Å². The van der Waals surface area contributed by atoms with E-state index in [4.69, 9.17) is 4.42 Å². The Morgan fingerprint density at radius 1 is 0.267 bits per heavy atom. The summed E-state index contributed by atoms with van der Waals surface area (Å²) < 4.78 is 9.32. The standard InChI is InChI=1S/C58H34OSe/c1-2-17-35(18-3-1)52-36-19-4-6-21-38(36)55(39-22-7-5-20-37(39)52)47-30-14-31-48-57-46(29-16-34-51(57)60-58(47)48)54-42-25-10-8-23-40(42)53(41-24-9-11-26-43(41)54)45-28-15-33-50-56(45)44-27-12-13-32-49(44)59-50/h1-34H. The Labute approximate surface area is 352 Å². The molecule has 13 rings (SSSR count). The number of benzene rings is 11. The third-order valence-electron chi connectivity index (χ3n) is 12.7. The zero-order valence-corrected chi connectivity index (χ0v) is 34.2. The number of hydrogen-bond donors (Lipinski definition) is 0. The molecule has 0 fully saturated rings. The van der Waals surface area contributed by atoms with Gasteiger partial charge in [-0.15, -0.1) is 0 Å². The van der Waals surface area contributed by atoms with Gasteiger partial charge >= 0.3 is 348 Å². The van der Waals surface area contributed by atoms with E-state index in [1.807, 2.05) is 0 Å². The van der Waals surface area contributed by atoms with Crippen LogP contribution in [0, 0.1) is 0 Å². The van der Waals surface area contributed by atoms with E-state index < -0.39 is 0 Å².